The van der Waals surface area contributed by atoms with E-state index in [9.17, 15) is 16.8 Å². The molecule has 0 spiro atoms. The maximum absolute atomic E-state index is 11.5. The van der Waals surface area contributed by atoms with E-state index in [2.05, 4.69) is 4.72 Å². The van der Waals surface area contributed by atoms with Crippen LogP contribution in [0.4, 0.5) is 0 Å². The normalized spacial score (nSPS) is 19.6. The van der Waals surface area contributed by atoms with Gasteiger partial charge in [-0.05, 0) is 18.8 Å². The molecule has 0 amide bonds. The van der Waals surface area contributed by atoms with E-state index in [-0.39, 0.29) is 18.3 Å². The van der Waals surface area contributed by atoms with Crippen molar-refractivity contribution in [1.82, 2.24) is 4.72 Å². The van der Waals surface area contributed by atoms with Gasteiger partial charge in [-0.3, -0.25) is 0 Å². The zero-order valence-corrected chi connectivity index (χ0v) is 10.9. The van der Waals surface area contributed by atoms with E-state index >= 15 is 0 Å². The minimum atomic E-state index is -3.54. The Kier molecular flexibility index (Phi) is 4.33. The molecule has 3 N–H and O–H groups in total. The summed E-state index contributed by atoms with van der Waals surface area (Å²) in [6.07, 6.45) is 2.98. The molecule has 0 bridgehead atoms. The van der Waals surface area contributed by atoms with E-state index in [0.29, 0.717) is 5.92 Å². The van der Waals surface area contributed by atoms with Gasteiger partial charge in [0.15, 0.2) is 0 Å². The van der Waals surface area contributed by atoms with Crippen molar-refractivity contribution in [3.05, 3.63) is 0 Å². The van der Waals surface area contributed by atoms with Crippen molar-refractivity contribution < 1.29 is 16.8 Å². The first-order chi connectivity index (χ1) is 7.23. The smallest absolute Gasteiger partial charge is 0.212 e. The first kappa shape index (κ1) is 13.9. The van der Waals surface area contributed by atoms with E-state index in [0.717, 1.165) is 19.1 Å². The summed E-state index contributed by atoms with van der Waals surface area (Å²) >= 11 is 0. The van der Waals surface area contributed by atoms with E-state index in [1.165, 1.54) is 0 Å². The maximum Gasteiger partial charge on any atom is 0.212 e. The lowest BCUT2D eigenvalue weighted by molar-refractivity contribution is 0.519. The summed E-state index contributed by atoms with van der Waals surface area (Å²) in [5.41, 5.74) is 5.46. The van der Waals surface area contributed by atoms with Crippen LogP contribution in [0.15, 0.2) is 0 Å². The van der Waals surface area contributed by atoms with Crippen molar-refractivity contribution in [2.45, 2.75) is 18.9 Å². The molecule has 0 aliphatic heterocycles. The zero-order valence-electron chi connectivity index (χ0n) is 9.22. The van der Waals surface area contributed by atoms with Crippen molar-refractivity contribution in [2.75, 3.05) is 24.3 Å². The van der Waals surface area contributed by atoms with Gasteiger partial charge in [0.1, 0.15) is 9.84 Å². The number of nitrogens with one attached hydrogen (secondary N) is 1. The molecule has 0 heterocycles. The number of sulfonamides is 1. The molecule has 1 aliphatic rings. The lowest BCUT2D eigenvalue weighted by Crippen LogP contribution is -2.43. The van der Waals surface area contributed by atoms with Crippen LogP contribution in [0.3, 0.4) is 0 Å². The second kappa shape index (κ2) is 4.99. The average molecular weight is 270 g/mol. The fraction of sp³-hybridized carbons (Fsp3) is 1.00. The van der Waals surface area contributed by atoms with Gasteiger partial charge in [-0.15, -0.1) is 0 Å². The molecule has 6 nitrogen and oxygen atoms in total. The third-order valence-corrected chi connectivity index (χ3v) is 5.11. The van der Waals surface area contributed by atoms with Crippen molar-refractivity contribution in [3.8, 4) is 0 Å². The summed E-state index contributed by atoms with van der Waals surface area (Å²) in [5, 5.41) is 0. The molecule has 0 aromatic carbocycles. The van der Waals surface area contributed by atoms with E-state index in [1.807, 2.05) is 0 Å². The van der Waals surface area contributed by atoms with Crippen LogP contribution in [0.5, 0.6) is 0 Å². The summed E-state index contributed by atoms with van der Waals surface area (Å²) in [6.45, 7) is 0.253. The number of hydrogen-bond acceptors (Lipinski definition) is 5. The second-order valence-corrected chi connectivity index (χ2v) is 8.38. The molecule has 16 heavy (non-hydrogen) atoms. The largest absolute Gasteiger partial charge is 0.329 e. The van der Waals surface area contributed by atoms with Gasteiger partial charge in [-0.1, -0.05) is 0 Å². The van der Waals surface area contributed by atoms with Gasteiger partial charge >= 0.3 is 0 Å². The van der Waals surface area contributed by atoms with Gasteiger partial charge in [-0.2, -0.15) is 0 Å². The molecule has 8 heteroatoms. The summed E-state index contributed by atoms with van der Waals surface area (Å²) in [4.78, 5) is 0. The molecular formula is C8H18N2O4S2. The van der Waals surface area contributed by atoms with E-state index in [1.54, 1.807) is 0 Å². The minimum absolute atomic E-state index is 0.246. The van der Waals surface area contributed by atoms with Crippen LogP contribution in [-0.4, -0.2) is 47.2 Å². The van der Waals surface area contributed by atoms with Crippen molar-refractivity contribution in [3.63, 3.8) is 0 Å². The van der Waals surface area contributed by atoms with Crippen LogP contribution in [0.2, 0.25) is 0 Å². The van der Waals surface area contributed by atoms with Crippen LogP contribution in [-0.2, 0) is 19.9 Å². The predicted molar refractivity (Wildman–Crippen MR) is 62.2 cm³/mol. The summed E-state index contributed by atoms with van der Waals surface area (Å²) in [5.74, 6) is -0.433. The molecule has 1 saturated carbocycles. The molecule has 0 aromatic heterocycles. The maximum atomic E-state index is 11.5. The van der Waals surface area contributed by atoms with Crippen LogP contribution in [0.25, 0.3) is 0 Å². The van der Waals surface area contributed by atoms with E-state index < -0.39 is 25.6 Å². The molecular weight excluding hydrogens is 252 g/mol. The molecule has 1 atom stereocenters. The molecule has 1 fully saturated rings. The van der Waals surface area contributed by atoms with Crippen LogP contribution in [0, 0.1) is 5.92 Å². The second-order valence-electron chi connectivity index (χ2n) is 4.25. The fourth-order valence-corrected chi connectivity index (χ4v) is 4.34. The number of nitrogens with two attached hydrogens (primary N) is 1. The van der Waals surface area contributed by atoms with Crippen molar-refractivity contribution >= 4 is 19.9 Å². The third kappa shape index (κ3) is 5.24. The number of rotatable bonds is 7. The van der Waals surface area contributed by atoms with Crippen LogP contribution in [0.1, 0.15) is 12.8 Å². The standard InChI is InChI=1S/C8H18N2O4S2/c1-15(11,12)4-5-16(13,14)10-8(6-9)7-2-3-7/h7-8,10H,2-6,9H2,1H3. The van der Waals surface area contributed by atoms with Gasteiger partial charge in [0.25, 0.3) is 0 Å². The molecule has 1 aliphatic carbocycles. The summed E-state index contributed by atoms with van der Waals surface area (Å²) in [7, 11) is -6.80. The average Bonchev–Trinajstić information content (AvgIpc) is 2.93. The van der Waals surface area contributed by atoms with Gasteiger partial charge in [0.05, 0.1) is 11.5 Å². The lowest BCUT2D eigenvalue weighted by atomic mass is 10.2. The first-order valence-electron chi connectivity index (χ1n) is 5.11. The molecule has 1 unspecified atom stereocenters. The molecule has 96 valence electrons. The Hall–Kier alpha value is -0.180. The quantitative estimate of drug-likeness (QED) is 0.597. The highest BCUT2D eigenvalue weighted by atomic mass is 32.2. The van der Waals surface area contributed by atoms with Crippen molar-refractivity contribution in [2.24, 2.45) is 11.7 Å². The first-order valence-corrected chi connectivity index (χ1v) is 8.82. The highest BCUT2D eigenvalue weighted by Gasteiger charge is 2.32. The summed E-state index contributed by atoms with van der Waals surface area (Å²) in [6, 6.07) is -0.246. The molecule has 0 saturated heterocycles. The Balaban J connectivity index is 2.50. The van der Waals surface area contributed by atoms with Gasteiger partial charge in [0, 0.05) is 18.8 Å². The van der Waals surface area contributed by atoms with Gasteiger partial charge in [0.2, 0.25) is 10.0 Å². The Morgan fingerprint density at radius 2 is 1.81 bits per heavy atom. The molecule has 1 rings (SSSR count). The fourth-order valence-electron chi connectivity index (χ4n) is 1.39. The molecule has 0 aromatic rings. The highest BCUT2D eigenvalue weighted by molar-refractivity contribution is 7.93. The Morgan fingerprint density at radius 1 is 1.25 bits per heavy atom. The topological polar surface area (TPSA) is 106 Å². The number of hydrogen-bond donors (Lipinski definition) is 2. The summed E-state index contributed by atoms with van der Waals surface area (Å²) < 4.78 is 47.3. The predicted octanol–water partition coefficient (Wildman–Crippen LogP) is -1.31. The lowest BCUT2D eigenvalue weighted by Gasteiger charge is -2.15. The Bertz CT molecular complexity index is 425. The van der Waals surface area contributed by atoms with E-state index in [4.69, 9.17) is 5.73 Å². The van der Waals surface area contributed by atoms with Crippen LogP contribution >= 0.6 is 0 Å². The van der Waals surface area contributed by atoms with Crippen molar-refractivity contribution in [1.29, 1.82) is 0 Å². The SMILES string of the molecule is CS(=O)(=O)CCS(=O)(=O)NC(CN)C1CC1. The minimum Gasteiger partial charge on any atom is -0.329 e. The van der Waals surface area contributed by atoms with Gasteiger partial charge in [-0.25, -0.2) is 21.6 Å². The highest BCUT2D eigenvalue weighted by Crippen LogP contribution is 2.32. The monoisotopic (exact) mass is 270 g/mol. The number of sulfone groups is 1. The Morgan fingerprint density at radius 3 is 2.19 bits per heavy atom. The van der Waals surface area contributed by atoms with Gasteiger partial charge < -0.3 is 5.73 Å². The van der Waals surface area contributed by atoms with Crippen LogP contribution < -0.4 is 10.5 Å². The molecule has 0 radical (unpaired) electrons. The Labute approximate surface area is 96.6 Å². The zero-order chi connectivity index (χ0) is 12.4. The third-order valence-electron chi connectivity index (χ3n) is 2.50.